The first kappa shape index (κ1) is 11.0. The Balaban J connectivity index is 2.13. The molecule has 3 heterocycles. The van der Waals surface area contributed by atoms with E-state index in [2.05, 4.69) is 15.5 Å². The maximum atomic E-state index is 11.8. The van der Waals surface area contributed by atoms with E-state index in [1.807, 2.05) is 33.4 Å². The molecule has 0 bridgehead atoms. The van der Waals surface area contributed by atoms with Gasteiger partial charge in [0.15, 0.2) is 0 Å². The smallest absolute Gasteiger partial charge is 0.226 e. The Morgan fingerprint density at radius 2 is 2.17 bits per heavy atom. The van der Waals surface area contributed by atoms with Crippen LogP contribution in [-0.2, 0) is 18.9 Å². The van der Waals surface area contributed by atoms with Crippen LogP contribution in [0.1, 0.15) is 29.2 Å². The molecule has 0 saturated heterocycles. The van der Waals surface area contributed by atoms with Crippen molar-refractivity contribution in [3.05, 3.63) is 29.2 Å². The Morgan fingerprint density at radius 1 is 1.39 bits per heavy atom. The summed E-state index contributed by atoms with van der Waals surface area (Å²) < 4.78 is 3.48. The zero-order chi connectivity index (χ0) is 12.9. The van der Waals surface area contributed by atoms with Gasteiger partial charge in [0, 0.05) is 43.8 Å². The van der Waals surface area contributed by atoms with E-state index in [4.69, 9.17) is 0 Å². The first-order valence-electron chi connectivity index (χ1n) is 5.88. The van der Waals surface area contributed by atoms with Crippen LogP contribution >= 0.6 is 0 Å². The van der Waals surface area contributed by atoms with Crippen molar-refractivity contribution in [2.24, 2.45) is 14.1 Å². The van der Waals surface area contributed by atoms with Crippen LogP contribution in [0.25, 0.3) is 0 Å². The third-order valence-corrected chi connectivity index (χ3v) is 3.42. The minimum atomic E-state index is 0.0272. The molecule has 0 aromatic carbocycles. The predicted molar refractivity (Wildman–Crippen MR) is 66.2 cm³/mol. The van der Waals surface area contributed by atoms with E-state index in [0.29, 0.717) is 6.42 Å². The Kier molecular flexibility index (Phi) is 2.26. The zero-order valence-corrected chi connectivity index (χ0v) is 10.6. The molecule has 1 amide bonds. The highest BCUT2D eigenvalue weighted by Gasteiger charge is 2.31. The van der Waals surface area contributed by atoms with E-state index < -0.39 is 0 Å². The van der Waals surface area contributed by atoms with Crippen LogP contribution in [0.15, 0.2) is 12.4 Å². The third kappa shape index (κ3) is 1.53. The molecule has 1 N–H and O–H groups in total. The molecule has 6 heteroatoms. The molecule has 0 fully saturated rings. The van der Waals surface area contributed by atoms with Crippen molar-refractivity contribution in [3.8, 4) is 0 Å². The van der Waals surface area contributed by atoms with Gasteiger partial charge in [-0.1, -0.05) is 0 Å². The van der Waals surface area contributed by atoms with Crippen molar-refractivity contribution in [1.82, 2.24) is 19.6 Å². The molecule has 2 aromatic heterocycles. The Bertz CT molecular complexity index is 624. The Hall–Kier alpha value is -2.11. The number of hydrogen-bond donors (Lipinski definition) is 1. The molecule has 1 aliphatic rings. The van der Waals surface area contributed by atoms with Gasteiger partial charge in [-0.15, -0.1) is 0 Å². The minimum absolute atomic E-state index is 0.0272. The van der Waals surface area contributed by atoms with Crippen molar-refractivity contribution >= 4 is 11.7 Å². The topological polar surface area (TPSA) is 64.7 Å². The molecule has 18 heavy (non-hydrogen) atoms. The van der Waals surface area contributed by atoms with Crippen LogP contribution in [0.5, 0.6) is 0 Å². The number of nitrogens with one attached hydrogen (secondary N) is 1. The summed E-state index contributed by atoms with van der Waals surface area (Å²) in [5, 5.41) is 11.4. The van der Waals surface area contributed by atoms with Crippen LogP contribution in [0.4, 0.5) is 5.82 Å². The van der Waals surface area contributed by atoms with Crippen molar-refractivity contribution in [1.29, 1.82) is 0 Å². The van der Waals surface area contributed by atoms with E-state index >= 15 is 0 Å². The summed E-state index contributed by atoms with van der Waals surface area (Å²) in [6.07, 6.45) is 4.26. The van der Waals surface area contributed by atoms with E-state index in [0.717, 1.165) is 22.6 Å². The van der Waals surface area contributed by atoms with Crippen LogP contribution in [-0.4, -0.2) is 25.5 Å². The molecule has 0 aliphatic carbocycles. The largest absolute Gasteiger partial charge is 0.311 e. The molecular weight excluding hydrogens is 230 g/mol. The normalized spacial score (nSPS) is 18.6. The van der Waals surface area contributed by atoms with Crippen LogP contribution in [0.2, 0.25) is 0 Å². The van der Waals surface area contributed by atoms with Crippen molar-refractivity contribution < 1.29 is 4.79 Å². The van der Waals surface area contributed by atoms with Gasteiger partial charge in [-0.2, -0.15) is 10.2 Å². The van der Waals surface area contributed by atoms with Gasteiger partial charge < -0.3 is 5.32 Å². The summed E-state index contributed by atoms with van der Waals surface area (Å²) in [6, 6.07) is 0. The van der Waals surface area contributed by atoms with Gasteiger partial charge in [0.2, 0.25) is 5.91 Å². The molecule has 6 nitrogen and oxygen atoms in total. The Morgan fingerprint density at radius 3 is 2.83 bits per heavy atom. The van der Waals surface area contributed by atoms with Crippen LogP contribution in [0, 0.1) is 6.92 Å². The maximum Gasteiger partial charge on any atom is 0.226 e. The lowest BCUT2D eigenvalue weighted by Crippen LogP contribution is -2.24. The molecule has 0 saturated carbocycles. The lowest BCUT2D eigenvalue weighted by Gasteiger charge is -2.22. The molecule has 0 unspecified atom stereocenters. The van der Waals surface area contributed by atoms with Crippen molar-refractivity contribution in [2.45, 2.75) is 19.3 Å². The number of amides is 1. The summed E-state index contributed by atoms with van der Waals surface area (Å²) in [5.41, 5.74) is 3.13. The average molecular weight is 245 g/mol. The average Bonchev–Trinajstić information content (AvgIpc) is 2.82. The zero-order valence-electron chi connectivity index (χ0n) is 10.6. The van der Waals surface area contributed by atoms with E-state index in [9.17, 15) is 4.79 Å². The highest BCUT2D eigenvalue weighted by atomic mass is 16.1. The monoisotopic (exact) mass is 245 g/mol. The van der Waals surface area contributed by atoms with Gasteiger partial charge in [-0.05, 0) is 6.92 Å². The van der Waals surface area contributed by atoms with Gasteiger partial charge in [0.05, 0.1) is 11.9 Å². The molecule has 0 spiro atoms. The number of nitrogens with zero attached hydrogens (tertiary/aromatic N) is 4. The van der Waals surface area contributed by atoms with E-state index in [1.54, 1.807) is 9.36 Å². The molecular formula is C12H15N5O. The second-order valence-corrected chi connectivity index (χ2v) is 4.72. The number of aryl methyl sites for hydroxylation is 3. The molecule has 2 aromatic rings. The Labute approximate surface area is 105 Å². The number of carbonyl (C=O) groups excluding carboxylic acids is 1. The van der Waals surface area contributed by atoms with Crippen molar-refractivity contribution in [2.75, 3.05) is 5.32 Å². The summed E-state index contributed by atoms with van der Waals surface area (Å²) in [7, 11) is 3.72. The molecule has 1 aliphatic heterocycles. The lowest BCUT2D eigenvalue weighted by atomic mass is 9.88. The number of aromatic nitrogens is 4. The van der Waals surface area contributed by atoms with Crippen LogP contribution in [0.3, 0.4) is 0 Å². The summed E-state index contributed by atoms with van der Waals surface area (Å²) in [6.45, 7) is 1.97. The fraction of sp³-hybridized carbons (Fsp3) is 0.417. The highest BCUT2D eigenvalue weighted by Crippen LogP contribution is 2.37. The fourth-order valence-electron chi connectivity index (χ4n) is 2.58. The first-order valence-corrected chi connectivity index (χ1v) is 5.88. The van der Waals surface area contributed by atoms with Crippen molar-refractivity contribution in [3.63, 3.8) is 0 Å². The van der Waals surface area contributed by atoms with Crippen LogP contribution < -0.4 is 5.32 Å². The molecule has 0 radical (unpaired) electrons. The number of anilines is 1. The molecule has 94 valence electrons. The SMILES string of the molecule is Cc1nn(C)cc1[C@@H]1CC(=O)Nc2c1cnn2C. The second kappa shape index (κ2) is 3.69. The van der Waals surface area contributed by atoms with E-state index in [-0.39, 0.29) is 11.8 Å². The second-order valence-electron chi connectivity index (χ2n) is 4.72. The summed E-state index contributed by atoms with van der Waals surface area (Å²) in [5.74, 6) is 0.870. The number of carbonyl (C=O) groups is 1. The van der Waals surface area contributed by atoms with Gasteiger partial charge in [0.25, 0.3) is 0 Å². The highest BCUT2D eigenvalue weighted by molar-refractivity contribution is 5.94. The quantitative estimate of drug-likeness (QED) is 0.813. The molecule has 1 atom stereocenters. The third-order valence-electron chi connectivity index (χ3n) is 3.42. The fourth-order valence-corrected chi connectivity index (χ4v) is 2.58. The predicted octanol–water partition coefficient (Wildman–Crippen LogP) is 0.936. The minimum Gasteiger partial charge on any atom is -0.311 e. The molecule has 3 rings (SSSR count). The number of rotatable bonds is 1. The number of hydrogen-bond acceptors (Lipinski definition) is 3. The van der Waals surface area contributed by atoms with Gasteiger partial charge in [0.1, 0.15) is 5.82 Å². The summed E-state index contributed by atoms with van der Waals surface area (Å²) >= 11 is 0. The summed E-state index contributed by atoms with van der Waals surface area (Å²) in [4.78, 5) is 11.8. The van der Waals surface area contributed by atoms with Gasteiger partial charge in [-0.3, -0.25) is 14.2 Å². The maximum absolute atomic E-state index is 11.8. The lowest BCUT2D eigenvalue weighted by molar-refractivity contribution is -0.116. The van der Waals surface area contributed by atoms with Gasteiger partial charge in [-0.25, -0.2) is 0 Å². The number of fused-ring (bicyclic) bond motifs is 1. The standard InChI is InChI=1S/C12H15N5O/c1-7-10(6-16(2)15-7)8-4-11(18)14-12-9(8)5-13-17(12)3/h5-6,8H,4H2,1-3H3,(H,14,18)/t8-/m1/s1. The van der Waals surface area contributed by atoms with E-state index in [1.165, 1.54) is 0 Å². The first-order chi connectivity index (χ1) is 8.56. The van der Waals surface area contributed by atoms with Gasteiger partial charge >= 0.3 is 0 Å².